The molecular weight excluding hydrogens is 217 g/mol. The van der Waals surface area contributed by atoms with Gasteiger partial charge in [0, 0.05) is 19.1 Å². The van der Waals surface area contributed by atoms with Crippen LogP contribution in [0.3, 0.4) is 0 Å². The first-order valence-electron chi connectivity index (χ1n) is 6.86. The largest absolute Gasteiger partial charge is 0.373 e. The minimum atomic E-state index is -0.932. The maximum absolute atomic E-state index is 13.4. The molecule has 3 heteroatoms. The van der Waals surface area contributed by atoms with Crippen LogP contribution in [0.5, 0.6) is 0 Å². The van der Waals surface area contributed by atoms with Crippen molar-refractivity contribution in [3.05, 3.63) is 0 Å². The second-order valence-corrected chi connectivity index (χ2v) is 6.98. The van der Waals surface area contributed by atoms with Gasteiger partial charge in [-0.3, -0.25) is 4.90 Å². The van der Waals surface area contributed by atoms with Gasteiger partial charge in [0.1, 0.15) is 5.67 Å². The number of rotatable bonds is 2. The molecule has 2 fully saturated rings. The van der Waals surface area contributed by atoms with E-state index in [0.717, 1.165) is 25.7 Å². The summed E-state index contributed by atoms with van der Waals surface area (Å²) in [7, 11) is 0. The fourth-order valence-corrected chi connectivity index (χ4v) is 3.09. The summed E-state index contributed by atoms with van der Waals surface area (Å²) in [5, 5.41) is 0. The summed E-state index contributed by atoms with van der Waals surface area (Å²) in [6.07, 6.45) is 4.99. The molecule has 2 nitrogen and oxygen atoms in total. The first-order valence-corrected chi connectivity index (χ1v) is 6.86. The summed E-state index contributed by atoms with van der Waals surface area (Å²) in [5.74, 6) is 0. The lowest BCUT2D eigenvalue weighted by Gasteiger charge is -2.48. The van der Waals surface area contributed by atoms with E-state index >= 15 is 0 Å². The molecule has 0 unspecified atom stereocenters. The normalized spacial score (nSPS) is 34.4. The standard InChI is InChI=1S/C14H26FNO/c1-13(2,3)17-12-7-5-11(6-8-12)16-9-14(4,15)10-16/h11-12H,5-10H2,1-4H3. The maximum Gasteiger partial charge on any atom is 0.133 e. The van der Waals surface area contributed by atoms with Crippen LogP contribution in [0.25, 0.3) is 0 Å². The summed E-state index contributed by atoms with van der Waals surface area (Å²) < 4.78 is 19.4. The van der Waals surface area contributed by atoms with Gasteiger partial charge >= 0.3 is 0 Å². The molecule has 0 N–H and O–H groups in total. The van der Waals surface area contributed by atoms with Crippen molar-refractivity contribution in [3.63, 3.8) is 0 Å². The Bertz CT molecular complexity index is 256. The highest BCUT2D eigenvalue weighted by atomic mass is 19.1. The highest BCUT2D eigenvalue weighted by molar-refractivity contribution is 4.96. The van der Waals surface area contributed by atoms with Gasteiger partial charge in [-0.05, 0) is 53.4 Å². The fraction of sp³-hybridized carbons (Fsp3) is 1.00. The minimum Gasteiger partial charge on any atom is -0.373 e. The van der Waals surface area contributed by atoms with Crippen LogP contribution in [0.15, 0.2) is 0 Å². The van der Waals surface area contributed by atoms with E-state index in [9.17, 15) is 4.39 Å². The molecule has 1 saturated carbocycles. The van der Waals surface area contributed by atoms with Gasteiger partial charge in [-0.2, -0.15) is 0 Å². The summed E-state index contributed by atoms with van der Waals surface area (Å²) in [5.41, 5.74) is -0.968. The van der Waals surface area contributed by atoms with E-state index in [-0.39, 0.29) is 5.60 Å². The van der Waals surface area contributed by atoms with E-state index in [1.165, 1.54) is 0 Å². The third-order valence-electron chi connectivity index (χ3n) is 3.75. The van der Waals surface area contributed by atoms with Gasteiger partial charge in [0.2, 0.25) is 0 Å². The molecule has 100 valence electrons. The van der Waals surface area contributed by atoms with Crippen molar-refractivity contribution >= 4 is 0 Å². The van der Waals surface area contributed by atoms with Crippen molar-refractivity contribution in [2.45, 2.75) is 76.8 Å². The Morgan fingerprint density at radius 1 is 1.12 bits per heavy atom. The van der Waals surface area contributed by atoms with Gasteiger partial charge in [-0.1, -0.05) is 0 Å². The zero-order valence-electron chi connectivity index (χ0n) is 11.6. The zero-order chi connectivity index (χ0) is 12.7. The SMILES string of the molecule is CC1(F)CN(C2CCC(OC(C)(C)C)CC2)C1. The van der Waals surface area contributed by atoms with Crippen LogP contribution in [0.4, 0.5) is 4.39 Å². The van der Waals surface area contributed by atoms with Gasteiger partial charge in [0.15, 0.2) is 0 Å². The summed E-state index contributed by atoms with van der Waals surface area (Å²) in [6.45, 7) is 9.30. The molecule has 1 saturated heterocycles. The van der Waals surface area contributed by atoms with Gasteiger partial charge in [0.05, 0.1) is 11.7 Å². The van der Waals surface area contributed by atoms with Gasteiger partial charge in [-0.25, -0.2) is 4.39 Å². The Morgan fingerprint density at radius 3 is 2.06 bits per heavy atom. The summed E-state index contributed by atoms with van der Waals surface area (Å²) in [6, 6.07) is 0.596. The lowest BCUT2D eigenvalue weighted by Crippen LogP contribution is -2.61. The number of hydrogen-bond donors (Lipinski definition) is 0. The van der Waals surface area contributed by atoms with Crippen molar-refractivity contribution in [3.8, 4) is 0 Å². The van der Waals surface area contributed by atoms with E-state index in [2.05, 4.69) is 25.7 Å². The minimum absolute atomic E-state index is 0.0359. The van der Waals surface area contributed by atoms with E-state index in [1.54, 1.807) is 6.92 Å². The predicted molar refractivity (Wildman–Crippen MR) is 68.0 cm³/mol. The number of nitrogens with zero attached hydrogens (tertiary/aromatic N) is 1. The number of likely N-dealkylation sites (tertiary alicyclic amines) is 1. The molecule has 2 rings (SSSR count). The lowest BCUT2D eigenvalue weighted by atomic mass is 9.87. The van der Waals surface area contributed by atoms with Crippen molar-refractivity contribution in [2.24, 2.45) is 0 Å². The van der Waals surface area contributed by atoms with Crippen LogP contribution in [-0.2, 0) is 4.74 Å². The van der Waals surface area contributed by atoms with Crippen LogP contribution in [0, 0.1) is 0 Å². The molecule has 0 atom stereocenters. The van der Waals surface area contributed by atoms with E-state index < -0.39 is 5.67 Å². The van der Waals surface area contributed by atoms with Crippen molar-refractivity contribution in [1.82, 2.24) is 4.90 Å². The zero-order valence-corrected chi connectivity index (χ0v) is 11.6. The predicted octanol–water partition coefficient (Wildman–Crippen LogP) is 3.16. The second-order valence-electron chi connectivity index (χ2n) is 6.98. The summed E-state index contributed by atoms with van der Waals surface area (Å²) >= 11 is 0. The van der Waals surface area contributed by atoms with Gasteiger partial charge in [-0.15, -0.1) is 0 Å². The number of alkyl halides is 1. The van der Waals surface area contributed by atoms with E-state index in [1.807, 2.05) is 0 Å². The molecule has 0 amide bonds. The van der Waals surface area contributed by atoms with E-state index in [0.29, 0.717) is 25.2 Å². The number of halogens is 1. The first kappa shape index (κ1) is 13.3. The molecule has 0 bridgehead atoms. The van der Waals surface area contributed by atoms with Gasteiger partial charge in [0.25, 0.3) is 0 Å². The highest BCUT2D eigenvalue weighted by Gasteiger charge is 2.43. The monoisotopic (exact) mass is 243 g/mol. The molecule has 1 aliphatic carbocycles. The van der Waals surface area contributed by atoms with Crippen LogP contribution < -0.4 is 0 Å². The summed E-state index contributed by atoms with van der Waals surface area (Å²) in [4.78, 5) is 2.30. The Morgan fingerprint density at radius 2 is 1.65 bits per heavy atom. The Balaban J connectivity index is 1.72. The van der Waals surface area contributed by atoms with Crippen molar-refractivity contribution in [2.75, 3.05) is 13.1 Å². The van der Waals surface area contributed by atoms with Crippen LogP contribution in [0.1, 0.15) is 53.4 Å². The molecule has 17 heavy (non-hydrogen) atoms. The molecule has 1 heterocycles. The fourth-order valence-electron chi connectivity index (χ4n) is 3.09. The lowest BCUT2D eigenvalue weighted by molar-refractivity contribution is -0.0988. The average Bonchev–Trinajstić information content (AvgIpc) is 2.12. The molecule has 0 spiro atoms. The van der Waals surface area contributed by atoms with Crippen LogP contribution in [0.2, 0.25) is 0 Å². The molecule has 0 aromatic rings. The average molecular weight is 243 g/mol. The van der Waals surface area contributed by atoms with Crippen LogP contribution >= 0.6 is 0 Å². The second kappa shape index (κ2) is 4.51. The third kappa shape index (κ3) is 3.65. The molecule has 0 radical (unpaired) electrons. The van der Waals surface area contributed by atoms with E-state index in [4.69, 9.17) is 4.74 Å². The molecule has 1 aliphatic heterocycles. The number of hydrogen-bond acceptors (Lipinski definition) is 2. The topological polar surface area (TPSA) is 12.5 Å². The molecule has 2 aliphatic rings. The Labute approximate surface area is 105 Å². The smallest absolute Gasteiger partial charge is 0.133 e. The van der Waals surface area contributed by atoms with Gasteiger partial charge < -0.3 is 4.74 Å². The Hall–Kier alpha value is -0.150. The maximum atomic E-state index is 13.4. The Kier molecular flexibility index (Phi) is 3.52. The van der Waals surface area contributed by atoms with Crippen molar-refractivity contribution < 1.29 is 9.13 Å². The van der Waals surface area contributed by atoms with Crippen LogP contribution in [-0.4, -0.2) is 41.4 Å². The quantitative estimate of drug-likeness (QED) is 0.738. The highest BCUT2D eigenvalue weighted by Crippen LogP contribution is 2.34. The van der Waals surface area contributed by atoms with Crippen molar-refractivity contribution in [1.29, 1.82) is 0 Å². The third-order valence-corrected chi connectivity index (χ3v) is 3.75. The molecule has 0 aromatic carbocycles. The number of ether oxygens (including phenoxy) is 1. The first-order chi connectivity index (χ1) is 7.75. The molecular formula is C14H26FNO. The molecule has 0 aromatic heterocycles.